The molecule has 0 aromatic heterocycles. The molecule has 1 aliphatic rings. The monoisotopic (exact) mass is 214 g/mol. The maximum atomic E-state index is 11.3. The largest absolute Gasteiger partial charge is 0.396 e. The molecule has 0 saturated heterocycles. The maximum Gasteiger partial charge on any atom is 0.223 e. The molecule has 0 bridgehead atoms. The molecular formula is C10H18N2O3. The molecule has 5 N–H and O–H groups in total. The zero-order valence-electron chi connectivity index (χ0n) is 8.74. The average molecular weight is 214 g/mol. The van der Waals surface area contributed by atoms with Crippen LogP contribution in [0, 0.1) is 11.3 Å². The Bertz CT molecular complexity index is 257. The van der Waals surface area contributed by atoms with Crippen molar-refractivity contribution in [3.8, 4) is 0 Å². The minimum Gasteiger partial charge on any atom is -0.396 e. The molecule has 1 rings (SSSR count). The van der Waals surface area contributed by atoms with Crippen molar-refractivity contribution in [1.82, 2.24) is 0 Å². The summed E-state index contributed by atoms with van der Waals surface area (Å²) < 4.78 is 0. The minimum atomic E-state index is -0.624. The van der Waals surface area contributed by atoms with Crippen LogP contribution in [0.5, 0.6) is 0 Å². The van der Waals surface area contributed by atoms with E-state index in [0.29, 0.717) is 32.1 Å². The van der Waals surface area contributed by atoms with Crippen molar-refractivity contribution in [2.75, 3.05) is 6.61 Å². The van der Waals surface area contributed by atoms with E-state index in [4.69, 9.17) is 16.6 Å². The van der Waals surface area contributed by atoms with Crippen molar-refractivity contribution in [3.05, 3.63) is 0 Å². The van der Waals surface area contributed by atoms with E-state index in [1.165, 1.54) is 0 Å². The molecule has 5 heteroatoms. The lowest BCUT2D eigenvalue weighted by Gasteiger charge is -2.36. The van der Waals surface area contributed by atoms with E-state index in [1.54, 1.807) is 0 Å². The summed E-state index contributed by atoms with van der Waals surface area (Å²) in [5.41, 5.74) is 9.92. The molecule has 1 fully saturated rings. The lowest BCUT2D eigenvalue weighted by molar-refractivity contribution is -0.134. The quantitative estimate of drug-likeness (QED) is 0.588. The van der Waals surface area contributed by atoms with E-state index >= 15 is 0 Å². The molecule has 0 spiro atoms. The molecule has 1 saturated carbocycles. The van der Waals surface area contributed by atoms with Gasteiger partial charge in [0.15, 0.2) is 0 Å². The van der Waals surface area contributed by atoms with E-state index in [1.807, 2.05) is 0 Å². The van der Waals surface area contributed by atoms with Crippen LogP contribution in [0.25, 0.3) is 0 Å². The van der Waals surface area contributed by atoms with Crippen LogP contribution in [0.2, 0.25) is 0 Å². The summed E-state index contributed by atoms with van der Waals surface area (Å²) in [4.78, 5) is 22.3. The van der Waals surface area contributed by atoms with Gasteiger partial charge < -0.3 is 16.6 Å². The van der Waals surface area contributed by atoms with Gasteiger partial charge in [-0.2, -0.15) is 0 Å². The number of nitrogens with two attached hydrogens (primary N) is 2. The van der Waals surface area contributed by atoms with Crippen molar-refractivity contribution in [3.63, 3.8) is 0 Å². The van der Waals surface area contributed by atoms with Gasteiger partial charge in [-0.1, -0.05) is 0 Å². The highest BCUT2D eigenvalue weighted by atomic mass is 16.3. The number of rotatable bonds is 4. The third kappa shape index (κ3) is 2.47. The summed E-state index contributed by atoms with van der Waals surface area (Å²) in [5.74, 6) is -0.826. The number of hydrogen-bond donors (Lipinski definition) is 3. The Kier molecular flexibility index (Phi) is 3.68. The van der Waals surface area contributed by atoms with Crippen LogP contribution < -0.4 is 11.5 Å². The smallest absolute Gasteiger partial charge is 0.223 e. The summed E-state index contributed by atoms with van der Waals surface area (Å²) in [6.07, 6.45) is 2.68. The summed E-state index contributed by atoms with van der Waals surface area (Å²) in [7, 11) is 0. The van der Waals surface area contributed by atoms with Crippen molar-refractivity contribution >= 4 is 11.8 Å². The van der Waals surface area contributed by atoms with Gasteiger partial charge in [0.05, 0.1) is 5.41 Å². The molecular weight excluding hydrogens is 196 g/mol. The first kappa shape index (κ1) is 12.0. The Morgan fingerprint density at radius 1 is 1.27 bits per heavy atom. The van der Waals surface area contributed by atoms with Gasteiger partial charge in [-0.05, 0) is 32.1 Å². The van der Waals surface area contributed by atoms with Gasteiger partial charge in [0, 0.05) is 12.5 Å². The molecule has 2 amide bonds. The van der Waals surface area contributed by atoms with Gasteiger partial charge in [-0.25, -0.2) is 0 Å². The molecule has 0 aliphatic heterocycles. The predicted octanol–water partition coefficient (Wildman–Crippen LogP) is -0.484. The molecule has 0 aromatic carbocycles. The van der Waals surface area contributed by atoms with Gasteiger partial charge in [0.1, 0.15) is 0 Å². The fraction of sp³-hybridized carbons (Fsp3) is 0.800. The van der Waals surface area contributed by atoms with Crippen molar-refractivity contribution in [2.45, 2.75) is 32.1 Å². The second-order valence-corrected chi connectivity index (χ2v) is 4.29. The van der Waals surface area contributed by atoms with Crippen LogP contribution in [0.3, 0.4) is 0 Å². The molecule has 0 heterocycles. The van der Waals surface area contributed by atoms with E-state index in [9.17, 15) is 9.59 Å². The fourth-order valence-corrected chi connectivity index (χ4v) is 2.29. The molecule has 1 aliphatic carbocycles. The van der Waals surface area contributed by atoms with Gasteiger partial charge >= 0.3 is 0 Å². The van der Waals surface area contributed by atoms with Crippen LogP contribution in [-0.4, -0.2) is 23.5 Å². The molecule has 0 aromatic rings. The minimum absolute atomic E-state index is 0.0514. The summed E-state index contributed by atoms with van der Waals surface area (Å²) in [6.45, 7) is -0.0514. The number of aliphatic hydroxyl groups is 1. The van der Waals surface area contributed by atoms with Crippen LogP contribution in [0.1, 0.15) is 32.1 Å². The zero-order chi connectivity index (χ0) is 11.5. The SMILES string of the molecule is NC(=O)C1CCC(CCO)(C(N)=O)CC1. The molecule has 5 nitrogen and oxygen atoms in total. The molecule has 0 unspecified atom stereocenters. The standard InChI is InChI=1S/C10H18N2O3/c11-8(14)7-1-3-10(4-2-7,5-6-13)9(12)15/h7,13H,1-6H2,(H2,11,14)(H2,12,15). The van der Waals surface area contributed by atoms with E-state index in [-0.39, 0.29) is 24.3 Å². The van der Waals surface area contributed by atoms with Gasteiger partial charge in [-0.15, -0.1) is 0 Å². The summed E-state index contributed by atoms with van der Waals surface area (Å²) in [5, 5.41) is 8.91. The average Bonchev–Trinajstić information content (AvgIpc) is 2.18. The first-order chi connectivity index (χ1) is 7.02. The van der Waals surface area contributed by atoms with Gasteiger partial charge in [0.2, 0.25) is 11.8 Å². The second kappa shape index (κ2) is 4.61. The molecule has 0 atom stereocenters. The zero-order valence-corrected chi connectivity index (χ0v) is 8.74. The Hall–Kier alpha value is -1.10. The molecule has 15 heavy (non-hydrogen) atoms. The third-order valence-corrected chi connectivity index (χ3v) is 3.46. The Morgan fingerprint density at radius 3 is 2.13 bits per heavy atom. The molecule has 0 radical (unpaired) electrons. The van der Waals surface area contributed by atoms with Gasteiger partial charge in [-0.3, -0.25) is 9.59 Å². The fourth-order valence-electron chi connectivity index (χ4n) is 2.29. The predicted molar refractivity (Wildman–Crippen MR) is 54.5 cm³/mol. The lowest BCUT2D eigenvalue weighted by Crippen LogP contribution is -2.42. The lowest BCUT2D eigenvalue weighted by atomic mass is 9.68. The molecule has 86 valence electrons. The highest BCUT2D eigenvalue weighted by Gasteiger charge is 2.40. The van der Waals surface area contributed by atoms with Crippen LogP contribution >= 0.6 is 0 Å². The van der Waals surface area contributed by atoms with Crippen LogP contribution in [-0.2, 0) is 9.59 Å². The number of primary amides is 2. The summed E-state index contributed by atoms with van der Waals surface area (Å²) in [6, 6.07) is 0. The Labute approximate surface area is 88.8 Å². The van der Waals surface area contributed by atoms with Gasteiger partial charge in [0.25, 0.3) is 0 Å². The first-order valence-corrected chi connectivity index (χ1v) is 5.22. The normalized spacial score (nSPS) is 31.1. The van der Waals surface area contributed by atoms with Crippen LogP contribution in [0.4, 0.5) is 0 Å². The Morgan fingerprint density at radius 2 is 1.80 bits per heavy atom. The van der Waals surface area contributed by atoms with Crippen molar-refractivity contribution in [1.29, 1.82) is 0 Å². The topological polar surface area (TPSA) is 106 Å². The first-order valence-electron chi connectivity index (χ1n) is 5.22. The number of aliphatic hydroxyl groups excluding tert-OH is 1. The Balaban J connectivity index is 2.65. The van der Waals surface area contributed by atoms with E-state index in [0.717, 1.165) is 0 Å². The van der Waals surface area contributed by atoms with Crippen LogP contribution in [0.15, 0.2) is 0 Å². The third-order valence-electron chi connectivity index (χ3n) is 3.46. The highest BCUT2D eigenvalue weighted by Crippen LogP contribution is 2.41. The summed E-state index contributed by atoms with van der Waals surface area (Å²) >= 11 is 0. The number of carbonyl (C=O) groups is 2. The number of hydrogen-bond acceptors (Lipinski definition) is 3. The van der Waals surface area contributed by atoms with Crippen molar-refractivity contribution < 1.29 is 14.7 Å². The second-order valence-electron chi connectivity index (χ2n) is 4.29. The number of amides is 2. The van der Waals surface area contributed by atoms with Crippen molar-refractivity contribution in [2.24, 2.45) is 22.8 Å². The highest BCUT2D eigenvalue weighted by molar-refractivity contribution is 5.82. The van der Waals surface area contributed by atoms with E-state index < -0.39 is 5.41 Å². The van der Waals surface area contributed by atoms with E-state index in [2.05, 4.69) is 0 Å². The number of carbonyl (C=O) groups excluding carboxylic acids is 2. The maximum absolute atomic E-state index is 11.3.